The van der Waals surface area contributed by atoms with Gasteiger partial charge in [0.25, 0.3) is 0 Å². The molecular weight excluding hydrogens is 294 g/mol. The highest BCUT2D eigenvalue weighted by molar-refractivity contribution is 5.67. The van der Waals surface area contributed by atoms with E-state index in [4.69, 9.17) is 4.74 Å². The van der Waals surface area contributed by atoms with E-state index in [0.717, 1.165) is 29.9 Å². The van der Waals surface area contributed by atoms with Crippen molar-refractivity contribution in [2.75, 3.05) is 44.0 Å². The number of ether oxygens (including phenoxy) is 1. The van der Waals surface area contributed by atoms with Crippen molar-refractivity contribution < 1.29 is 9.53 Å². The lowest BCUT2D eigenvalue weighted by Crippen LogP contribution is -2.42. The Morgan fingerprint density at radius 2 is 1.96 bits per heavy atom. The van der Waals surface area contributed by atoms with Crippen molar-refractivity contribution >= 4 is 17.9 Å². The molecule has 1 aliphatic rings. The van der Waals surface area contributed by atoms with Crippen LogP contribution in [-0.2, 0) is 4.74 Å². The highest BCUT2D eigenvalue weighted by Gasteiger charge is 2.24. The van der Waals surface area contributed by atoms with Gasteiger partial charge >= 0.3 is 6.09 Å². The van der Waals surface area contributed by atoms with E-state index in [0.29, 0.717) is 31.7 Å². The van der Waals surface area contributed by atoms with Crippen LogP contribution in [0.5, 0.6) is 0 Å². The van der Waals surface area contributed by atoms with Crippen molar-refractivity contribution in [1.29, 1.82) is 0 Å². The fourth-order valence-corrected chi connectivity index (χ4v) is 2.57. The molecule has 1 N–H and O–H groups in total. The van der Waals surface area contributed by atoms with Gasteiger partial charge in [0.15, 0.2) is 0 Å². The Kier molecular flexibility index (Phi) is 5.63. The van der Waals surface area contributed by atoms with Crippen molar-refractivity contribution in [3.63, 3.8) is 0 Å². The molecule has 1 fully saturated rings. The summed E-state index contributed by atoms with van der Waals surface area (Å²) < 4.78 is 5.05. The van der Waals surface area contributed by atoms with Crippen molar-refractivity contribution in [1.82, 2.24) is 14.9 Å². The molecule has 0 aromatic carbocycles. The summed E-state index contributed by atoms with van der Waals surface area (Å²) in [6.07, 6.45) is 1.56. The number of amides is 1. The smallest absolute Gasteiger partial charge is 0.409 e. The lowest BCUT2D eigenvalue weighted by molar-refractivity contribution is 0.0983. The number of carbonyl (C=O) groups excluding carboxylic acids is 1. The quantitative estimate of drug-likeness (QED) is 0.916. The average Bonchev–Trinajstić information content (AvgIpc) is 2.52. The van der Waals surface area contributed by atoms with E-state index in [1.165, 1.54) is 0 Å². The van der Waals surface area contributed by atoms with E-state index >= 15 is 0 Å². The van der Waals surface area contributed by atoms with E-state index < -0.39 is 0 Å². The first-order valence-electron chi connectivity index (χ1n) is 8.13. The predicted octanol–water partition coefficient (Wildman–Crippen LogP) is 2.19. The van der Waals surface area contributed by atoms with Gasteiger partial charge in [0.05, 0.1) is 6.61 Å². The number of rotatable bonds is 4. The maximum atomic E-state index is 11.7. The summed E-state index contributed by atoms with van der Waals surface area (Å²) in [5.74, 6) is 1.59. The van der Waals surface area contributed by atoms with E-state index in [1.54, 1.807) is 4.90 Å². The third-order valence-electron chi connectivity index (χ3n) is 4.14. The molecule has 2 heterocycles. The molecule has 128 valence electrons. The second kappa shape index (κ2) is 7.48. The second-order valence-electron chi connectivity index (χ2n) is 6.08. The minimum absolute atomic E-state index is 0.213. The van der Waals surface area contributed by atoms with Crippen molar-refractivity contribution in [3.8, 4) is 0 Å². The molecule has 1 aromatic rings. The number of aromatic nitrogens is 2. The third kappa shape index (κ3) is 4.24. The molecule has 7 nitrogen and oxygen atoms in total. The van der Waals surface area contributed by atoms with Crippen molar-refractivity contribution in [2.45, 2.75) is 39.7 Å². The number of hydrogen-bond donors (Lipinski definition) is 1. The minimum Gasteiger partial charge on any atom is -0.450 e. The number of hydrogen-bond acceptors (Lipinski definition) is 6. The lowest BCUT2D eigenvalue weighted by Gasteiger charge is -2.32. The highest BCUT2D eigenvalue weighted by Crippen LogP contribution is 2.22. The summed E-state index contributed by atoms with van der Waals surface area (Å²) >= 11 is 0. The average molecular weight is 321 g/mol. The first kappa shape index (κ1) is 17.3. The van der Waals surface area contributed by atoms with Gasteiger partial charge in [-0.15, -0.1) is 0 Å². The fraction of sp³-hybridized carbons (Fsp3) is 0.688. The maximum absolute atomic E-state index is 11.7. The van der Waals surface area contributed by atoms with Crippen LogP contribution in [0.4, 0.5) is 16.6 Å². The monoisotopic (exact) mass is 321 g/mol. The van der Waals surface area contributed by atoms with Gasteiger partial charge in [-0.1, -0.05) is 0 Å². The zero-order valence-corrected chi connectivity index (χ0v) is 14.7. The van der Waals surface area contributed by atoms with Gasteiger partial charge in [-0.05, 0) is 33.6 Å². The van der Waals surface area contributed by atoms with Crippen LogP contribution in [0, 0.1) is 13.8 Å². The number of piperidine rings is 1. The normalized spacial score (nSPS) is 15.4. The van der Waals surface area contributed by atoms with Gasteiger partial charge in [-0.3, -0.25) is 0 Å². The van der Waals surface area contributed by atoms with Crippen LogP contribution < -0.4 is 10.2 Å². The molecule has 1 amide bonds. The predicted molar refractivity (Wildman–Crippen MR) is 91.1 cm³/mol. The van der Waals surface area contributed by atoms with E-state index in [-0.39, 0.29) is 6.09 Å². The topological polar surface area (TPSA) is 70.6 Å². The first-order valence-corrected chi connectivity index (χ1v) is 8.13. The Bertz CT molecular complexity index is 554. The largest absolute Gasteiger partial charge is 0.450 e. The number of nitrogens with zero attached hydrogens (tertiary/aromatic N) is 4. The molecule has 0 bridgehead atoms. The number of aryl methyl sites for hydroxylation is 1. The van der Waals surface area contributed by atoms with Crippen LogP contribution in [0.25, 0.3) is 0 Å². The highest BCUT2D eigenvalue weighted by atomic mass is 16.6. The Morgan fingerprint density at radius 3 is 2.52 bits per heavy atom. The summed E-state index contributed by atoms with van der Waals surface area (Å²) in [6.45, 7) is 7.70. The Hall–Kier alpha value is -2.05. The van der Waals surface area contributed by atoms with Crippen molar-refractivity contribution in [2.24, 2.45) is 0 Å². The van der Waals surface area contributed by atoms with Crippen LogP contribution in [0.3, 0.4) is 0 Å². The van der Waals surface area contributed by atoms with Gasteiger partial charge in [0, 0.05) is 44.5 Å². The maximum Gasteiger partial charge on any atom is 0.409 e. The molecule has 2 rings (SSSR count). The molecule has 0 aliphatic carbocycles. The Morgan fingerprint density at radius 1 is 1.30 bits per heavy atom. The summed E-state index contributed by atoms with van der Waals surface area (Å²) in [7, 11) is 3.87. The molecule has 7 heteroatoms. The standard InChI is InChI=1S/C16H27N5O2/c1-6-23-16(22)21-9-7-13(8-10-21)18-14-11(2)12(3)17-15(19-14)20(4)5/h13H,6-10H2,1-5H3,(H,17,18,19). The molecule has 1 aromatic heterocycles. The molecule has 0 unspecified atom stereocenters. The zero-order chi connectivity index (χ0) is 17.0. The molecule has 0 saturated carbocycles. The molecule has 1 saturated heterocycles. The van der Waals surface area contributed by atoms with Gasteiger partial charge in [0.2, 0.25) is 5.95 Å². The van der Waals surface area contributed by atoms with Gasteiger partial charge in [0.1, 0.15) is 5.82 Å². The molecule has 1 aliphatic heterocycles. The molecule has 0 spiro atoms. The number of carbonyl (C=O) groups is 1. The summed E-state index contributed by atoms with van der Waals surface area (Å²) in [4.78, 5) is 24.5. The molecule has 23 heavy (non-hydrogen) atoms. The Balaban J connectivity index is 2.00. The zero-order valence-electron chi connectivity index (χ0n) is 14.7. The lowest BCUT2D eigenvalue weighted by atomic mass is 10.1. The molecule has 0 atom stereocenters. The molecular formula is C16H27N5O2. The first-order chi connectivity index (χ1) is 10.9. The Labute approximate surface area is 138 Å². The number of nitrogens with one attached hydrogen (secondary N) is 1. The van der Waals surface area contributed by atoms with Crippen LogP contribution in [0.1, 0.15) is 31.0 Å². The summed E-state index contributed by atoms with van der Waals surface area (Å²) in [5.41, 5.74) is 2.05. The summed E-state index contributed by atoms with van der Waals surface area (Å²) in [6, 6.07) is 0.309. The van der Waals surface area contributed by atoms with Crippen LogP contribution in [0.2, 0.25) is 0 Å². The second-order valence-corrected chi connectivity index (χ2v) is 6.08. The van der Waals surface area contributed by atoms with Crippen LogP contribution in [0.15, 0.2) is 0 Å². The molecule has 0 radical (unpaired) electrons. The van der Waals surface area contributed by atoms with Gasteiger partial charge in [-0.2, -0.15) is 4.98 Å². The van der Waals surface area contributed by atoms with Gasteiger partial charge in [-0.25, -0.2) is 9.78 Å². The minimum atomic E-state index is -0.213. The van der Waals surface area contributed by atoms with Crippen LogP contribution >= 0.6 is 0 Å². The van der Waals surface area contributed by atoms with Crippen molar-refractivity contribution in [3.05, 3.63) is 11.3 Å². The van der Waals surface area contributed by atoms with E-state index in [2.05, 4.69) is 15.3 Å². The van der Waals surface area contributed by atoms with Crippen LogP contribution in [-0.4, -0.2) is 60.8 Å². The number of anilines is 2. The number of likely N-dealkylation sites (tertiary alicyclic amines) is 1. The third-order valence-corrected chi connectivity index (χ3v) is 4.14. The van der Waals surface area contributed by atoms with E-state index in [1.807, 2.05) is 39.8 Å². The SMILES string of the molecule is CCOC(=O)N1CCC(Nc2nc(N(C)C)nc(C)c2C)CC1. The van der Waals surface area contributed by atoms with E-state index in [9.17, 15) is 4.79 Å². The summed E-state index contributed by atoms with van der Waals surface area (Å²) in [5, 5.41) is 3.52. The van der Waals surface area contributed by atoms with Gasteiger partial charge < -0.3 is 19.9 Å². The fourth-order valence-electron chi connectivity index (χ4n) is 2.57.